The Balaban J connectivity index is 1.63. The second-order valence-corrected chi connectivity index (χ2v) is 5.55. The molecule has 0 aliphatic carbocycles. The molecule has 2 aromatic rings. The zero-order valence-corrected chi connectivity index (χ0v) is 12.1. The van der Waals surface area contributed by atoms with Gasteiger partial charge in [0.25, 0.3) is 0 Å². The van der Waals surface area contributed by atoms with Crippen molar-refractivity contribution >= 4 is 11.8 Å². The average molecular weight is 272 g/mol. The van der Waals surface area contributed by atoms with Crippen LogP contribution in [0.3, 0.4) is 0 Å². The van der Waals surface area contributed by atoms with Crippen molar-refractivity contribution < 1.29 is 0 Å². The van der Waals surface area contributed by atoms with Crippen molar-refractivity contribution in [1.29, 1.82) is 0 Å². The standard InChI is InChI=1S/C16H20N2S/c1-2-14-5-7-16(8-6-14)19-11-10-18-13-15-4-3-9-17-12-15/h3-9,12,18H,2,10-11,13H2,1H3. The fourth-order valence-electron chi connectivity index (χ4n) is 1.80. The lowest BCUT2D eigenvalue weighted by Crippen LogP contribution is -2.16. The summed E-state index contributed by atoms with van der Waals surface area (Å²) in [6.45, 7) is 4.09. The zero-order chi connectivity index (χ0) is 13.3. The number of rotatable bonds is 7. The Kier molecular flexibility index (Phi) is 5.92. The van der Waals surface area contributed by atoms with Crippen LogP contribution in [0.2, 0.25) is 0 Å². The first-order valence-electron chi connectivity index (χ1n) is 6.70. The molecule has 3 heteroatoms. The fraction of sp³-hybridized carbons (Fsp3) is 0.312. The number of nitrogens with one attached hydrogen (secondary N) is 1. The number of nitrogens with zero attached hydrogens (tertiary/aromatic N) is 1. The van der Waals surface area contributed by atoms with Gasteiger partial charge in [0.1, 0.15) is 0 Å². The van der Waals surface area contributed by atoms with Gasteiger partial charge in [-0.3, -0.25) is 4.98 Å². The number of benzene rings is 1. The normalized spacial score (nSPS) is 10.6. The van der Waals surface area contributed by atoms with Crippen LogP contribution in [0.1, 0.15) is 18.1 Å². The van der Waals surface area contributed by atoms with E-state index in [0.29, 0.717) is 0 Å². The second-order valence-electron chi connectivity index (χ2n) is 4.38. The molecule has 2 nitrogen and oxygen atoms in total. The minimum atomic E-state index is 0.892. The van der Waals surface area contributed by atoms with Crippen molar-refractivity contribution in [3.8, 4) is 0 Å². The molecular formula is C16H20N2S. The first-order chi connectivity index (χ1) is 9.38. The zero-order valence-electron chi connectivity index (χ0n) is 11.3. The molecule has 0 spiro atoms. The van der Waals surface area contributed by atoms with Crippen LogP contribution in [0.4, 0.5) is 0 Å². The molecule has 0 aliphatic rings. The van der Waals surface area contributed by atoms with E-state index < -0.39 is 0 Å². The van der Waals surface area contributed by atoms with Crippen LogP contribution < -0.4 is 5.32 Å². The van der Waals surface area contributed by atoms with E-state index in [4.69, 9.17) is 0 Å². The van der Waals surface area contributed by atoms with Crippen molar-refractivity contribution in [1.82, 2.24) is 10.3 Å². The van der Waals surface area contributed by atoms with Crippen molar-refractivity contribution in [2.75, 3.05) is 12.3 Å². The summed E-state index contributed by atoms with van der Waals surface area (Å²) in [7, 11) is 0. The smallest absolute Gasteiger partial charge is 0.0312 e. The highest BCUT2D eigenvalue weighted by Gasteiger charge is 1.95. The van der Waals surface area contributed by atoms with Gasteiger partial charge in [-0.25, -0.2) is 0 Å². The molecule has 100 valence electrons. The van der Waals surface area contributed by atoms with E-state index in [-0.39, 0.29) is 0 Å². The van der Waals surface area contributed by atoms with Crippen molar-refractivity contribution in [3.63, 3.8) is 0 Å². The Morgan fingerprint density at radius 1 is 1.11 bits per heavy atom. The quantitative estimate of drug-likeness (QED) is 0.616. The summed E-state index contributed by atoms with van der Waals surface area (Å²) in [6, 6.07) is 12.9. The molecule has 1 aromatic carbocycles. The fourth-order valence-corrected chi connectivity index (χ4v) is 2.61. The number of hydrogen-bond donors (Lipinski definition) is 1. The van der Waals surface area contributed by atoms with Gasteiger partial charge in [0.05, 0.1) is 0 Å². The van der Waals surface area contributed by atoms with E-state index in [2.05, 4.69) is 47.6 Å². The van der Waals surface area contributed by atoms with E-state index in [9.17, 15) is 0 Å². The lowest BCUT2D eigenvalue weighted by molar-refractivity contribution is 0.729. The van der Waals surface area contributed by atoms with Crippen LogP contribution >= 0.6 is 11.8 Å². The first kappa shape index (κ1) is 14.1. The van der Waals surface area contributed by atoms with Crippen LogP contribution in [0.5, 0.6) is 0 Å². The third kappa shape index (κ3) is 5.05. The van der Waals surface area contributed by atoms with Crippen molar-refractivity contribution in [2.24, 2.45) is 0 Å². The predicted octanol–water partition coefficient (Wildman–Crippen LogP) is 3.53. The van der Waals surface area contributed by atoms with Gasteiger partial charge in [0, 0.05) is 36.1 Å². The molecule has 0 bridgehead atoms. The average Bonchev–Trinajstić information content (AvgIpc) is 2.49. The molecule has 2 rings (SSSR count). The molecule has 0 atom stereocenters. The topological polar surface area (TPSA) is 24.9 Å². The van der Waals surface area contributed by atoms with Crippen LogP contribution in [0.15, 0.2) is 53.7 Å². The summed E-state index contributed by atoms with van der Waals surface area (Å²) < 4.78 is 0. The van der Waals surface area contributed by atoms with Gasteiger partial charge in [0.15, 0.2) is 0 Å². The lowest BCUT2D eigenvalue weighted by atomic mass is 10.2. The second kappa shape index (κ2) is 7.97. The van der Waals surface area contributed by atoms with Gasteiger partial charge in [0.2, 0.25) is 0 Å². The van der Waals surface area contributed by atoms with Crippen LogP contribution in [0, 0.1) is 0 Å². The summed E-state index contributed by atoms with van der Waals surface area (Å²) >= 11 is 1.90. The van der Waals surface area contributed by atoms with Gasteiger partial charge in [-0.2, -0.15) is 0 Å². The van der Waals surface area contributed by atoms with E-state index in [1.165, 1.54) is 16.0 Å². The summed E-state index contributed by atoms with van der Waals surface area (Å²) in [6.07, 6.45) is 4.82. The van der Waals surface area contributed by atoms with Gasteiger partial charge in [-0.05, 0) is 35.7 Å². The Labute approximate surface area is 119 Å². The Morgan fingerprint density at radius 3 is 2.63 bits per heavy atom. The molecule has 0 fully saturated rings. The van der Waals surface area contributed by atoms with Crippen molar-refractivity contribution in [3.05, 3.63) is 59.9 Å². The number of aromatic nitrogens is 1. The Bertz CT molecular complexity index is 468. The number of pyridine rings is 1. The minimum absolute atomic E-state index is 0.892. The summed E-state index contributed by atoms with van der Waals surface area (Å²) in [5.74, 6) is 1.09. The van der Waals surface area contributed by atoms with Gasteiger partial charge >= 0.3 is 0 Å². The molecular weight excluding hydrogens is 252 g/mol. The van der Waals surface area contributed by atoms with Gasteiger partial charge in [-0.15, -0.1) is 11.8 Å². The molecule has 0 saturated carbocycles. The number of thioether (sulfide) groups is 1. The highest BCUT2D eigenvalue weighted by atomic mass is 32.2. The van der Waals surface area contributed by atoms with Crippen LogP contribution in [-0.2, 0) is 13.0 Å². The molecule has 0 aliphatic heterocycles. The molecule has 0 amide bonds. The van der Waals surface area contributed by atoms with E-state index in [1.807, 2.05) is 24.0 Å². The van der Waals surface area contributed by atoms with E-state index in [0.717, 1.165) is 25.3 Å². The summed E-state index contributed by atoms with van der Waals surface area (Å²) in [4.78, 5) is 5.45. The molecule has 0 saturated heterocycles. The monoisotopic (exact) mass is 272 g/mol. The van der Waals surface area contributed by atoms with E-state index >= 15 is 0 Å². The Morgan fingerprint density at radius 2 is 1.95 bits per heavy atom. The molecule has 0 radical (unpaired) electrons. The summed E-state index contributed by atoms with van der Waals surface area (Å²) in [5, 5.41) is 3.43. The highest BCUT2D eigenvalue weighted by molar-refractivity contribution is 7.99. The van der Waals surface area contributed by atoms with Crippen LogP contribution in [-0.4, -0.2) is 17.3 Å². The predicted molar refractivity (Wildman–Crippen MR) is 82.5 cm³/mol. The minimum Gasteiger partial charge on any atom is -0.312 e. The van der Waals surface area contributed by atoms with Crippen molar-refractivity contribution in [2.45, 2.75) is 24.8 Å². The maximum atomic E-state index is 4.10. The van der Waals surface area contributed by atoms with Crippen LogP contribution in [0.25, 0.3) is 0 Å². The SMILES string of the molecule is CCc1ccc(SCCNCc2cccnc2)cc1. The molecule has 1 N–H and O–H groups in total. The lowest BCUT2D eigenvalue weighted by Gasteiger charge is -2.05. The molecule has 1 heterocycles. The van der Waals surface area contributed by atoms with Gasteiger partial charge < -0.3 is 5.32 Å². The highest BCUT2D eigenvalue weighted by Crippen LogP contribution is 2.17. The number of aryl methyl sites for hydroxylation is 1. The molecule has 19 heavy (non-hydrogen) atoms. The van der Waals surface area contributed by atoms with E-state index in [1.54, 1.807) is 6.20 Å². The number of hydrogen-bond acceptors (Lipinski definition) is 3. The van der Waals surface area contributed by atoms with Gasteiger partial charge in [-0.1, -0.05) is 25.1 Å². The molecule has 1 aromatic heterocycles. The molecule has 0 unspecified atom stereocenters. The third-order valence-corrected chi connectivity index (χ3v) is 3.94. The third-order valence-electron chi connectivity index (χ3n) is 2.93. The summed E-state index contributed by atoms with van der Waals surface area (Å²) in [5.41, 5.74) is 2.64. The Hall–Kier alpha value is -1.32. The largest absolute Gasteiger partial charge is 0.312 e. The first-order valence-corrected chi connectivity index (χ1v) is 7.68. The maximum absolute atomic E-state index is 4.10. The maximum Gasteiger partial charge on any atom is 0.0312 e.